The lowest BCUT2D eigenvalue weighted by atomic mass is 10.1. The van der Waals surface area contributed by atoms with Gasteiger partial charge >= 0.3 is 0 Å². The van der Waals surface area contributed by atoms with E-state index in [1.165, 1.54) is 4.90 Å². The van der Waals surface area contributed by atoms with Crippen molar-refractivity contribution in [2.45, 2.75) is 0 Å². The minimum Gasteiger partial charge on any atom is -0.328 e. The predicted octanol–water partition coefficient (Wildman–Crippen LogP) is 3.13. The van der Waals surface area contributed by atoms with E-state index in [4.69, 9.17) is 17.6 Å². The minimum absolute atomic E-state index is 0.0496. The monoisotopic (exact) mass is 371 g/mol. The molecule has 0 aromatic heterocycles. The largest absolute Gasteiger partial charge is 0.328 e. The van der Waals surface area contributed by atoms with Crippen molar-refractivity contribution in [3.05, 3.63) is 71.9 Å². The molecule has 0 amide bonds. The van der Waals surface area contributed by atoms with Crippen molar-refractivity contribution in [2.24, 2.45) is 5.10 Å². The van der Waals surface area contributed by atoms with Gasteiger partial charge in [0.15, 0.2) is 22.2 Å². The number of hydrazone groups is 1. The number of amidine groups is 1. The van der Waals surface area contributed by atoms with Crippen molar-refractivity contribution < 1.29 is 0 Å². The van der Waals surface area contributed by atoms with Gasteiger partial charge in [-0.2, -0.15) is 15.6 Å². The molecule has 3 rings (SSSR count). The summed E-state index contributed by atoms with van der Waals surface area (Å²) in [5.41, 5.74) is 4.22. The number of thiocarbonyl (C=S) groups is 1. The van der Waals surface area contributed by atoms with Crippen LogP contribution in [0.25, 0.3) is 0 Å². The highest BCUT2D eigenvalue weighted by Gasteiger charge is 2.33. The van der Waals surface area contributed by atoms with Gasteiger partial charge in [-0.1, -0.05) is 36.4 Å². The Morgan fingerprint density at radius 2 is 1.63 bits per heavy atom. The maximum atomic E-state index is 9.26. The molecule has 0 radical (unpaired) electrons. The van der Waals surface area contributed by atoms with E-state index in [0.29, 0.717) is 11.4 Å². The van der Waals surface area contributed by atoms with Gasteiger partial charge in [-0.3, -0.25) is 15.7 Å². The summed E-state index contributed by atoms with van der Waals surface area (Å²) >= 11 is 5.35. The van der Waals surface area contributed by atoms with Crippen molar-refractivity contribution >= 4 is 40.3 Å². The molecule has 3 N–H and O–H groups in total. The molecule has 1 saturated heterocycles. The first-order chi connectivity index (χ1) is 13.2. The van der Waals surface area contributed by atoms with Crippen molar-refractivity contribution in [2.75, 3.05) is 10.3 Å². The highest BCUT2D eigenvalue weighted by atomic mass is 32.1. The summed E-state index contributed by atoms with van der Waals surface area (Å²) in [7, 11) is 0. The van der Waals surface area contributed by atoms with E-state index in [2.05, 4.69) is 15.8 Å². The van der Waals surface area contributed by atoms with Crippen LogP contribution in [-0.2, 0) is 0 Å². The highest BCUT2D eigenvalue weighted by Crippen LogP contribution is 2.21. The molecule has 1 heterocycles. The third-order valence-corrected chi connectivity index (χ3v) is 3.96. The Hall–Kier alpha value is -4.01. The van der Waals surface area contributed by atoms with Crippen LogP contribution in [-0.4, -0.2) is 16.7 Å². The topological polar surface area (TPSA) is 111 Å². The second-order valence-electron chi connectivity index (χ2n) is 5.36. The quantitative estimate of drug-likeness (QED) is 0.434. The Labute approximate surface area is 161 Å². The molecule has 7 nitrogen and oxygen atoms in total. The molecule has 130 valence electrons. The summed E-state index contributed by atoms with van der Waals surface area (Å²) in [4.78, 5) is 1.48. The molecule has 27 heavy (non-hydrogen) atoms. The van der Waals surface area contributed by atoms with E-state index in [1.807, 2.05) is 60.7 Å². The number of allylic oxidation sites excluding steroid dienone is 1. The molecule has 0 bridgehead atoms. The molecule has 0 aliphatic carbocycles. The predicted molar refractivity (Wildman–Crippen MR) is 108 cm³/mol. The van der Waals surface area contributed by atoms with Crippen LogP contribution in [0.3, 0.4) is 0 Å². The molecular formula is C19H13N7S. The van der Waals surface area contributed by atoms with Crippen LogP contribution in [0.15, 0.2) is 77.0 Å². The maximum absolute atomic E-state index is 9.26. The maximum Gasteiger partial charge on any atom is 0.183 e. The van der Waals surface area contributed by atoms with E-state index < -0.39 is 0 Å². The van der Waals surface area contributed by atoms with Gasteiger partial charge in [-0.05, 0) is 36.5 Å². The van der Waals surface area contributed by atoms with Crippen LogP contribution in [0.2, 0.25) is 0 Å². The fraction of sp³-hybridized carbons (Fsp3) is 0. The normalized spacial score (nSPS) is 15.0. The number of hydrogen-bond donors (Lipinski definition) is 3. The molecular weight excluding hydrogens is 358 g/mol. The number of benzene rings is 2. The first-order valence-corrected chi connectivity index (χ1v) is 8.25. The molecule has 2 aromatic carbocycles. The highest BCUT2D eigenvalue weighted by molar-refractivity contribution is 7.80. The Morgan fingerprint density at radius 1 is 1.04 bits per heavy atom. The van der Waals surface area contributed by atoms with Gasteiger partial charge in [0.1, 0.15) is 17.8 Å². The Morgan fingerprint density at radius 3 is 2.22 bits per heavy atom. The van der Waals surface area contributed by atoms with Crippen molar-refractivity contribution in [1.82, 2.24) is 5.32 Å². The van der Waals surface area contributed by atoms with Gasteiger partial charge < -0.3 is 5.32 Å². The van der Waals surface area contributed by atoms with Gasteiger partial charge in [0, 0.05) is 5.69 Å². The number of nitrogens with zero attached hydrogens (tertiary/aromatic N) is 4. The number of anilines is 2. The van der Waals surface area contributed by atoms with Gasteiger partial charge in [-0.25, -0.2) is 0 Å². The Bertz CT molecular complexity index is 1010. The van der Waals surface area contributed by atoms with Crippen LogP contribution in [0.5, 0.6) is 0 Å². The van der Waals surface area contributed by atoms with E-state index in [-0.39, 0.29) is 27.9 Å². The molecule has 0 unspecified atom stereocenters. The lowest BCUT2D eigenvalue weighted by Crippen LogP contribution is -2.54. The zero-order valence-corrected chi connectivity index (χ0v) is 14.8. The zero-order chi connectivity index (χ0) is 19.2. The standard InChI is InChI=1S/C19H13N7S/c20-11-13(12-21)16-17(25-24-14-7-3-1-4-8-14)18(22)26(19(27)23-16)15-9-5-2-6-10-15/h1-10,22,24H,(H,23,27)/b22-18?,25-17-. The second kappa shape index (κ2) is 7.91. The molecule has 8 heteroatoms. The van der Waals surface area contributed by atoms with Gasteiger partial charge in [0.05, 0.1) is 5.69 Å². The molecule has 1 fully saturated rings. The van der Waals surface area contributed by atoms with Crippen molar-refractivity contribution in [3.63, 3.8) is 0 Å². The van der Waals surface area contributed by atoms with Crippen LogP contribution in [0.1, 0.15) is 0 Å². The molecule has 2 aromatic rings. The fourth-order valence-electron chi connectivity index (χ4n) is 2.43. The lowest BCUT2D eigenvalue weighted by Gasteiger charge is -2.32. The minimum atomic E-state index is -0.205. The van der Waals surface area contributed by atoms with E-state index >= 15 is 0 Å². The third kappa shape index (κ3) is 3.66. The van der Waals surface area contributed by atoms with E-state index in [1.54, 1.807) is 12.1 Å². The van der Waals surface area contributed by atoms with Crippen LogP contribution in [0, 0.1) is 28.1 Å². The number of nitriles is 2. The third-order valence-electron chi connectivity index (χ3n) is 3.68. The van der Waals surface area contributed by atoms with Crippen LogP contribution >= 0.6 is 12.2 Å². The molecule has 0 spiro atoms. The number of hydrogen-bond acceptors (Lipinski definition) is 6. The Balaban J connectivity index is 2.07. The van der Waals surface area contributed by atoms with E-state index in [0.717, 1.165) is 0 Å². The number of para-hydroxylation sites is 2. The molecule has 1 aliphatic heterocycles. The van der Waals surface area contributed by atoms with Crippen molar-refractivity contribution in [3.8, 4) is 12.1 Å². The van der Waals surface area contributed by atoms with Gasteiger partial charge in [0.25, 0.3) is 0 Å². The summed E-state index contributed by atoms with van der Waals surface area (Å²) in [6.45, 7) is 0. The number of nitrogens with one attached hydrogen (secondary N) is 3. The lowest BCUT2D eigenvalue weighted by molar-refractivity contribution is 1.13. The summed E-state index contributed by atoms with van der Waals surface area (Å²) in [6.07, 6.45) is 0. The number of rotatable bonds is 3. The first-order valence-electron chi connectivity index (χ1n) is 7.84. The van der Waals surface area contributed by atoms with Crippen LogP contribution < -0.4 is 15.6 Å². The molecule has 0 atom stereocenters. The second-order valence-corrected chi connectivity index (χ2v) is 5.75. The van der Waals surface area contributed by atoms with Gasteiger partial charge in [0.2, 0.25) is 0 Å². The van der Waals surface area contributed by atoms with Gasteiger partial charge in [-0.15, -0.1) is 0 Å². The average molecular weight is 371 g/mol. The first kappa shape index (κ1) is 17.8. The molecule has 0 saturated carbocycles. The van der Waals surface area contributed by atoms with Crippen molar-refractivity contribution in [1.29, 1.82) is 15.9 Å². The van der Waals surface area contributed by atoms with E-state index in [9.17, 15) is 10.5 Å². The smallest absolute Gasteiger partial charge is 0.183 e. The summed E-state index contributed by atoms with van der Waals surface area (Å²) in [5.74, 6) is -0.0496. The molecule has 1 aliphatic rings. The van der Waals surface area contributed by atoms with Crippen LogP contribution in [0.4, 0.5) is 11.4 Å². The Kier molecular flexibility index (Phi) is 5.22. The summed E-state index contributed by atoms with van der Waals surface area (Å²) < 4.78 is 0. The zero-order valence-electron chi connectivity index (χ0n) is 14.0. The SMILES string of the molecule is N#CC(C#N)=C1NC(=S)N(c2ccccc2)C(=N)/C1=N\Nc1ccccc1. The average Bonchev–Trinajstić information content (AvgIpc) is 2.70. The fourth-order valence-corrected chi connectivity index (χ4v) is 2.73. The summed E-state index contributed by atoms with van der Waals surface area (Å²) in [5, 5.41) is 34.4. The summed E-state index contributed by atoms with van der Waals surface area (Å²) in [6, 6.07) is 21.9.